The van der Waals surface area contributed by atoms with Gasteiger partial charge < -0.3 is 5.73 Å². The van der Waals surface area contributed by atoms with Crippen LogP contribution in [0.25, 0.3) is 0 Å². The Morgan fingerprint density at radius 2 is 1.23 bits per heavy atom. The van der Waals surface area contributed by atoms with Gasteiger partial charge in [0.2, 0.25) is 5.91 Å². The molecule has 0 aliphatic heterocycles. The third kappa shape index (κ3) is 5.10. The molecule has 0 saturated heterocycles. The number of rotatable bonds is 4. The van der Waals surface area contributed by atoms with Gasteiger partial charge in [-0.2, -0.15) is 0 Å². The number of nitrogens with two attached hydrogens (primary N) is 1. The van der Waals surface area contributed by atoms with Gasteiger partial charge in [-0.15, -0.1) is 0 Å². The van der Waals surface area contributed by atoms with Crippen molar-refractivity contribution < 1.29 is 14.5 Å². The van der Waals surface area contributed by atoms with E-state index in [0.717, 1.165) is 0 Å². The minimum atomic E-state index is -0.512. The molecule has 0 spiro atoms. The maximum atomic E-state index is 12.0. The van der Waals surface area contributed by atoms with E-state index < -0.39 is 4.92 Å². The highest BCUT2D eigenvalue weighted by molar-refractivity contribution is 6.09. The Balaban J connectivity index is 0.000000228. The van der Waals surface area contributed by atoms with Crippen molar-refractivity contribution in [2.45, 2.75) is 0 Å². The standard InChI is InChI=1S/C13H9NO3.C7H7NO/c15-13(10-5-2-1-3-6-10)11-7-4-8-12(9-11)14(16)17;8-7(9)6-4-2-1-3-5-6/h1-9H;1-5H,(H2,8,9). The Bertz CT molecular complexity index is 909. The Kier molecular flexibility index (Phi) is 6.34. The summed E-state index contributed by atoms with van der Waals surface area (Å²) in [6.07, 6.45) is 0. The van der Waals surface area contributed by atoms with Crippen LogP contribution in [0.4, 0.5) is 5.69 Å². The van der Waals surface area contributed by atoms with E-state index in [2.05, 4.69) is 0 Å². The molecule has 3 aromatic carbocycles. The summed E-state index contributed by atoms with van der Waals surface area (Å²) < 4.78 is 0. The molecule has 26 heavy (non-hydrogen) atoms. The smallest absolute Gasteiger partial charge is 0.270 e. The van der Waals surface area contributed by atoms with E-state index in [9.17, 15) is 19.7 Å². The summed E-state index contributed by atoms with van der Waals surface area (Å²) in [4.78, 5) is 32.5. The number of nitrogens with zero attached hydrogens (tertiary/aromatic N) is 1. The highest BCUT2D eigenvalue weighted by Crippen LogP contribution is 2.16. The average Bonchev–Trinajstić information content (AvgIpc) is 2.69. The normalized spacial score (nSPS) is 9.54. The van der Waals surface area contributed by atoms with Crippen LogP contribution in [0, 0.1) is 10.1 Å². The zero-order valence-electron chi connectivity index (χ0n) is 13.7. The molecule has 0 radical (unpaired) electrons. The molecule has 6 nitrogen and oxygen atoms in total. The number of nitro groups is 1. The zero-order valence-corrected chi connectivity index (χ0v) is 13.7. The molecular weight excluding hydrogens is 332 g/mol. The van der Waals surface area contributed by atoms with Gasteiger partial charge in [-0.25, -0.2) is 0 Å². The minimum absolute atomic E-state index is 0.0771. The number of carbonyl (C=O) groups is 2. The van der Waals surface area contributed by atoms with E-state index in [1.54, 1.807) is 54.6 Å². The topological polar surface area (TPSA) is 103 Å². The molecule has 0 saturated carbocycles. The fourth-order valence-corrected chi connectivity index (χ4v) is 2.12. The highest BCUT2D eigenvalue weighted by atomic mass is 16.6. The molecule has 0 aliphatic carbocycles. The Morgan fingerprint density at radius 1 is 0.731 bits per heavy atom. The monoisotopic (exact) mass is 348 g/mol. The van der Waals surface area contributed by atoms with Gasteiger partial charge in [-0.05, 0) is 12.1 Å². The van der Waals surface area contributed by atoms with Gasteiger partial charge in [0.1, 0.15) is 0 Å². The fourth-order valence-electron chi connectivity index (χ4n) is 2.12. The van der Waals surface area contributed by atoms with Crippen LogP contribution < -0.4 is 5.73 Å². The quantitative estimate of drug-likeness (QED) is 0.442. The van der Waals surface area contributed by atoms with Gasteiger partial charge in [0.05, 0.1) is 4.92 Å². The molecule has 2 N–H and O–H groups in total. The molecule has 0 aromatic heterocycles. The molecule has 130 valence electrons. The van der Waals surface area contributed by atoms with E-state index in [4.69, 9.17) is 5.73 Å². The van der Waals surface area contributed by atoms with Crippen LogP contribution in [0.15, 0.2) is 84.9 Å². The Labute approximate surface area is 150 Å². The number of amides is 1. The van der Waals surface area contributed by atoms with E-state index in [1.807, 2.05) is 12.1 Å². The lowest BCUT2D eigenvalue weighted by atomic mass is 10.0. The van der Waals surface area contributed by atoms with E-state index in [1.165, 1.54) is 18.2 Å². The molecule has 3 rings (SSSR count). The van der Waals surface area contributed by atoms with Crippen molar-refractivity contribution in [1.29, 1.82) is 0 Å². The van der Waals surface area contributed by atoms with Crippen molar-refractivity contribution in [3.05, 3.63) is 112 Å². The van der Waals surface area contributed by atoms with Crippen molar-refractivity contribution in [2.24, 2.45) is 5.73 Å². The van der Waals surface area contributed by atoms with Crippen LogP contribution in [0.5, 0.6) is 0 Å². The summed E-state index contributed by atoms with van der Waals surface area (Å²) in [6, 6.07) is 23.2. The lowest BCUT2D eigenvalue weighted by molar-refractivity contribution is -0.384. The number of benzene rings is 3. The van der Waals surface area contributed by atoms with Crippen LogP contribution in [-0.4, -0.2) is 16.6 Å². The molecule has 0 bridgehead atoms. The van der Waals surface area contributed by atoms with Gasteiger partial charge in [0, 0.05) is 28.8 Å². The predicted octanol–water partition coefficient (Wildman–Crippen LogP) is 3.61. The molecule has 0 atom stereocenters. The van der Waals surface area contributed by atoms with Crippen molar-refractivity contribution >= 4 is 17.4 Å². The van der Waals surface area contributed by atoms with Gasteiger partial charge in [0.25, 0.3) is 5.69 Å². The maximum absolute atomic E-state index is 12.0. The molecule has 0 unspecified atom stereocenters. The predicted molar refractivity (Wildman–Crippen MR) is 97.9 cm³/mol. The summed E-state index contributed by atoms with van der Waals surface area (Å²) in [7, 11) is 0. The zero-order chi connectivity index (χ0) is 18.9. The average molecular weight is 348 g/mol. The third-order valence-electron chi connectivity index (χ3n) is 3.41. The van der Waals surface area contributed by atoms with E-state index >= 15 is 0 Å². The Hall–Kier alpha value is -3.80. The van der Waals surface area contributed by atoms with E-state index in [0.29, 0.717) is 16.7 Å². The second-order valence-corrected chi connectivity index (χ2v) is 5.23. The first-order valence-electron chi connectivity index (χ1n) is 7.68. The van der Waals surface area contributed by atoms with Crippen LogP contribution in [0.2, 0.25) is 0 Å². The third-order valence-corrected chi connectivity index (χ3v) is 3.41. The van der Waals surface area contributed by atoms with Crippen LogP contribution in [0.1, 0.15) is 26.3 Å². The van der Waals surface area contributed by atoms with Crippen LogP contribution in [0.3, 0.4) is 0 Å². The van der Waals surface area contributed by atoms with Crippen LogP contribution >= 0.6 is 0 Å². The molecule has 3 aromatic rings. The summed E-state index contributed by atoms with van der Waals surface area (Å²) in [5.74, 6) is -0.593. The molecule has 0 heterocycles. The fraction of sp³-hybridized carbons (Fsp3) is 0. The second-order valence-electron chi connectivity index (χ2n) is 5.23. The van der Waals surface area contributed by atoms with Crippen molar-refractivity contribution in [3.63, 3.8) is 0 Å². The molecule has 1 amide bonds. The van der Waals surface area contributed by atoms with Gasteiger partial charge in [-0.3, -0.25) is 19.7 Å². The van der Waals surface area contributed by atoms with Crippen molar-refractivity contribution in [1.82, 2.24) is 0 Å². The number of non-ortho nitro benzene ring substituents is 1. The van der Waals surface area contributed by atoms with Crippen molar-refractivity contribution in [2.75, 3.05) is 0 Å². The molecule has 0 aliphatic rings. The summed E-state index contributed by atoms with van der Waals surface area (Å²) in [5, 5.41) is 10.6. The first-order valence-corrected chi connectivity index (χ1v) is 7.68. The van der Waals surface area contributed by atoms with Crippen LogP contribution in [-0.2, 0) is 0 Å². The minimum Gasteiger partial charge on any atom is -0.366 e. The molecular formula is C20H16N2O4. The first-order chi connectivity index (χ1) is 12.5. The number of nitro benzene ring substituents is 1. The first kappa shape index (κ1) is 18.5. The Morgan fingerprint density at radius 3 is 1.69 bits per heavy atom. The lowest BCUT2D eigenvalue weighted by Gasteiger charge is -2.00. The summed E-state index contributed by atoms with van der Waals surface area (Å²) >= 11 is 0. The second kappa shape index (κ2) is 8.89. The number of carbonyl (C=O) groups excluding carboxylic acids is 2. The largest absolute Gasteiger partial charge is 0.366 e. The summed E-state index contributed by atoms with van der Waals surface area (Å²) in [6.45, 7) is 0. The number of hydrogen-bond donors (Lipinski definition) is 1. The van der Waals surface area contributed by atoms with Gasteiger partial charge in [-0.1, -0.05) is 60.7 Å². The van der Waals surface area contributed by atoms with Gasteiger partial charge in [0.15, 0.2) is 5.78 Å². The molecule has 6 heteroatoms. The number of primary amides is 1. The SMILES string of the molecule is NC(=O)c1ccccc1.O=C(c1ccccc1)c1cccc([N+](=O)[O-])c1. The maximum Gasteiger partial charge on any atom is 0.270 e. The number of hydrogen-bond acceptors (Lipinski definition) is 4. The van der Waals surface area contributed by atoms with E-state index in [-0.39, 0.29) is 17.4 Å². The van der Waals surface area contributed by atoms with Gasteiger partial charge >= 0.3 is 0 Å². The lowest BCUT2D eigenvalue weighted by Crippen LogP contribution is -2.09. The summed E-state index contributed by atoms with van der Waals surface area (Å²) in [5.41, 5.74) is 6.30. The van der Waals surface area contributed by atoms with Crippen molar-refractivity contribution in [3.8, 4) is 0 Å². The number of ketones is 1. The molecule has 0 fully saturated rings. The highest BCUT2D eigenvalue weighted by Gasteiger charge is 2.12.